The van der Waals surface area contributed by atoms with Gasteiger partial charge in [-0.1, -0.05) is 25.5 Å². The van der Waals surface area contributed by atoms with E-state index in [1.54, 1.807) is 24.3 Å². The van der Waals surface area contributed by atoms with Crippen LogP contribution in [0.4, 0.5) is 0 Å². The number of nitrogens with two attached hydrogens (primary N) is 1. The number of nitrogens with one attached hydrogen (secondary N) is 1. The second-order valence-corrected chi connectivity index (χ2v) is 3.99. The molecule has 1 unspecified atom stereocenters. The van der Waals surface area contributed by atoms with Gasteiger partial charge in [-0.05, 0) is 25.5 Å². The molecular weight excluding hydrogens is 232 g/mol. The highest BCUT2D eigenvalue weighted by atomic mass is 16.5. The molecule has 1 amide bonds. The van der Waals surface area contributed by atoms with Gasteiger partial charge >= 0.3 is 0 Å². The Bertz CT molecular complexity index is 432. The summed E-state index contributed by atoms with van der Waals surface area (Å²) in [5.74, 6) is 5.18. The summed E-state index contributed by atoms with van der Waals surface area (Å²) in [6.45, 7) is 3.43. The number of rotatable bonds is 6. The van der Waals surface area contributed by atoms with Crippen LogP contribution in [0.2, 0.25) is 0 Å². The monoisotopic (exact) mass is 250 g/mol. The van der Waals surface area contributed by atoms with E-state index >= 15 is 0 Å². The minimum atomic E-state index is -0.637. The average Bonchev–Trinajstić information content (AvgIpc) is 2.37. The van der Waals surface area contributed by atoms with Crippen molar-refractivity contribution in [1.29, 1.82) is 0 Å². The van der Waals surface area contributed by atoms with Crippen molar-refractivity contribution in [3.8, 4) is 5.75 Å². The molecule has 0 aliphatic carbocycles. The Morgan fingerprint density at radius 3 is 2.72 bits per heavy atom. The molecule has 0 saturated heterocycles. The first-order valence-electron chi connectivity index (χ1n) is 5.86. The second-order valence-electron chi connectivity index (χ2n) is 3.99. The number of amides is 1. The molecule has 1 rings (SSSR count). The lowest BCUT2D eigenvalue weighted by Crippen LogP contribution is -2.42. The maximum absolute atomic E-state index is 11.5. The highest BCUT2D eigenvalue weighted by Gasteiger charge is 2.18. The maximum atomic E-state index is 11.5. The molecule has 0 aromatic heterocycles. The van der Waals surface area contributed by atoms with Crippen molar-refractivity contribution in [2.75, 3.05) is 0 Å². The van der Waals surface area contributed by atoms with E-state index in [4.69, 9.17) is 10.6 Å². The summed E-state index contributed by atoms with van der Waals surface area (Å²) in [6.07, 6.45) is 0.722. The van der Waals surface area contributed by atoms with Gasteiger partial charge in [-0.3, -0.25) is 15.0 Å². The van der Waals surface area contributed by atoms with Crippen LogP contribution in [0.3, 0.4) is 0 Å². The highest BCUT2D eigenvalue weighted by molar-refractivity contribution is 5.94. The lowest BCUT2D eigenvalue weighted by Gasteiger charge is -2.17. The third-order valence-electron chi connectivity index (χ3n) is 2.50. The van der Waals surface area contributed by atoms with Gasteiger partial charge in [0.2, 0.25) is 0 Å². The normalized spacial score (nSPS) is 11.7. The molecule has 1 aromatic carbocycles. The third kappa shape index (κ3) is 3.85. The number of carbonyl (C=O) groups excluding carboxylic acids is 2. The number of carbonyl (C=O) groups is 2. The van der Waals surface area contributed by atoms with E-state index in [0.29, 0.717) is 17.7 Å². The summed E-state index contributed by atoms with van der Waals surface area (Å²) in [5.41, 5.74) is 2.63. The molecule has 98 valence electrons. The third-order valence-corrected chi connectivity index (χ3v) is 2.50. The molecule has 0 aliphatic rings. The van der Waals surface area contributed by atoms with Gasteiger partial charge in [-0.15, -0.1) is 0 Å². The Balaban J connectivity index is 2.83. The van der Waals surface area contributed by atoms with Crippen LogP contribution in [0.25, 0.3) is 0 Å². The smallest absolute Gasteiger partial charge is 0.274 e. The van der Waals surface area contributed by atoms with Crippen molar-refractivity contribution in [1.82, 2.24) is 5.43 Å². The van der Waals surface area contributed by atoms with Crippen LogP contribution in [-0.4, -0.2) is 17.8 Å². The summed E-state index contributed by atoms with van der Waals surface area (Å²) in [6, 6.07) is 6.75. The molecule has 0 aliphatic heterocycles. The second kappa shape index (κ2) is 6.76. The summed E-state index contributed by atoms with van der Waals surface area (Å²) in [7, 11) is 0. The number of benzene rings is 1. The molecule has 0 spiro atoms. The lowest BCUT2D eigenvalue weighted by molar-refractivity contribution is -0.128. The van der Waals surface area contributed by atoms with Gasteiger partial charge in [0.05, 0.1) is 0 Å². The molecule has 0 saturated carbocycles. The first-order chi connectivity index (χ1) is 8.58. The predicted molar refractivity (Wildman–Crippen MR) is 68.1 cm³/mol. The van der Waals surface area contributed by atoms with E-state index in [0.717, 1.165) is 6.42 Å². The van der Waals surface area contributed by atoms with Crippen LogP contribution < -0.4 is 16.0 Å². The fourth-order valence-corrected chi connectivity index (χ4v) is 1.55. The predicted octanol–water partition coefficient (Wildman–Crippen LogP) is 1.43. The van der Waals surface area contributed by atoms with Crippen molar-refractivity contribution in [3.63, 3.8) is 0 Å². The number of Topliss-reactive ketones (excluding diaryl/α,β-unsaturated/α-hetero) is 1. The molecule has 5 nitrogen and oxygen atoms in total. The van der Waals surface area contributed by atoms with Crippen LogP contribution in [0, 0.1) is 0 Å². The zero-order valence-electron chi connectivity index (χ0n) is 10.6. The molecule has 5 heteroatoms. The summed E-state index contributed by atoms with van der Waals surface area (Å²) in [5, 5.41) is 0. The number of hydrogen-bond acceptors (Lipinski definition) is 4. The van der Waals surface area contributed by atoms with Gasteiger partial charge in [-0.2, -0.15) is 0 Å². The molecule has 0 radical (unpaired) electrons. The van der Waals surface area contributed by atoms with E-state index in [-0.39, 0.29) is 11.7 Å². The Kier molecular flexibility index (Phi) is 5.32. The Hall–Kier alpha value is -1.88. The van der Waals surface area contributed by atoms with Gasteiger partial charge in [0.25, 0.3) is 5.91 Å². The molecule has 1 atom stereocenters. The Morgan fingerprint density at radius 2 is 2.17 bits per heavy atom. The standard InChI is InChI=1S/C13H18N2O3/c1-3-5-12(13(17)15-14)18-11-7-4-6-10(8-11)9(2)16/h4,6-8,12H,3,5,14H2,1-2H3,(H,15,17). The molecule has 1 aromatic rings. The maximum Gasteiger partial charge on any atom is 0.274 e. The van der Waals surface area contributed by atoms with Gasteiger partial charge in [-0.25, -0.2) is 5.84 Å². The first-order valence-corrected chi connectivity index (χ1v) is 5.86. The number of ketones is 1. The van der Waals surface area contributed by atoms with Gasteiger partial charge in [0, 0.05) is 5.56 Å². The molecule has 0 fully saturated rings. The zero-order valence-corrected chi connectivity index (χ0v) is 10.6. The summed E-state index contributed by atoms with van der Waals surface area (Å²) < 4.78 is 5.55. The summed E-state index contributed by atoms with van der Waals surface area (Å²) >= 11 is 0. The van der Waals surface area contributed by atoms with Crippen LogP contribution >= 0.6 is 0 Å². The zero-order chi connectivity index (χ0) is 13.5. The lowest BCUT2D eigenvalue weighted by atomic mass is 10.1. The van der Waals surface area contributed by atoms with E-state index in [9.17, 15) is 9.59 Å². The SMILES string of the molecule is CCCC(Oc1cccc(C(C)=O)c1)C(=O)NN. The van der Waals surface area contributed by atoms with Crippen LogP contribution in [0.15, 0.2) is 24.3 Å². The molecular formula is C13H18N2O3. The van der Waals surface area contributed by atoms with Crippen LogP contribution in [0.1, 0.15) is 37.0 Å². The van der Waals surface area contributed by atoms with E-state index < -0.39 is 6.10 Å². The van der Waals surface area contributed by atoms with Gasteiger partial charge in [0.1, 0.15) is 5.75 Å². The van der Waals surface area contributed by atoms with Crippen molar-refractivity contribution < 1.29 is 14.3 Å². The van der Waals surface area contributed by atoms with Crippen molar-refractivity contribution in [2.45, 2.75) is 32.8 Å². The van der Waals surface area contributed by atoms with Crippen molar-refractivity contribution in [3.05, 3.63) is 29.8 Å². The number of hydrogen-bond donors (Lipinski definition) is 2. The Labute approximate surface area is 106 Å². The van der Waals surface area contributed by atoms with Crippen LogP contribution in [-0.2, 0) is 4.79 Å². The number of ether oxygens (including phenoxy) is 1. The fraction of sp³-hybridized carbons (Fsp3) is 0.385. The minimum absolute atomic E-state index is 0.0456. The molecule has 0 heterocycles. The van der Waals surface area contributed by atoms with E-state index in [1.807, 2.05) is 6.92 Å². The van der Waals surface area contributed by atoms with Crippen LogP contribution in [0.5, 0.6) is 5.75 Å². The van der Waals surface area contributed by atoms with Gasteiger partial charge < -0.3 is 4.74 Å². The quantitative estimate of drug-likeness (QED) is 0.346. The highest BCUT2D eigenvalue weighted by Crippen LogP contribution is 2.17. The van der Waals surface area contributed by atoms with Gasteiger partial charge in [0.15, 0.2) is 11.9 Å². The molecule has 18 heavy (non-hydrogen) atoms. The molecule has 0 bridgehead atoms. The fourth-order valence-electron chi connectivity index (χ4n) is 1.55. The summed E-state index contributed by atoms with van der Waals surface area (Å²) in [4.78, 5) is 22.7. The Morgan fingerprint density at radius 1 is 1.44 bits per heavy atom. The van der Waals surface area contributed by atoms with E-state index in [1.165, 1.54) is 6.92 Å². The average molecular weight is 250 g/mol. The largest absolute Gasteiger partial charge is 0.481 e. The molecule has 3 N–H and O–H groups in total. The van der Waals surface area contributed by atoms with Crippen molar-refractivity contribution in [2.24, 2.45) is 5.84 Å². The first kappa shape index (κ1) is 14.2. The van der Waals surface area contributed by atoms with Crippen molar-refractivity contribution >= 4 is 11.7 Å². The minimum Gasteiger partial charge on any atom is -0.481 e. The topological polar surface area (TPSA) is 81.4 Å². The van der Waals surface area contributed by atoms with E-state index in [2.05, 4.69) is 5.43 Å². The number of hydrazine groups is 1.